The number of fused-ring (bicyclic) bond motifs is 1. The van der Waals surface area contributed by atoms with E-state index in [0.717, 1.165) is 30.2 Å². The van der Waals surface area contributed by atoms with Crippen molar-refractivity contribution in [2.24, 2.45) is 0 Å². The van der Waals surface area contributed by atoms with Gasteiger partial charge in [0.25, 0.3) is 0 Å². The van der Waals surface area contributed by atoms with Crippen molar-refractivity contribution < 1.29 is 9.90 Å². The Hall–Kier alpha value is -2.95. The Kier molecular flexibility index (Phi) is 4.75. The molecule has 0 spiro atoms. The molecular formula is C22H23N3O2. The molecule has 1 unspecified atom stereocenters. The maximum Gasteiger partial charge on any atom is 0.220 e. The number of nitrogens with one attached hydrogen (secondary N) is 1. The van der Waals surface area contributed by atoms with E-state index in [1.807, 2.05) is 37.3 Å². The maximum absolute atomic E-state index is 12.4. The number of nitrogens with zero attached hydrogens (tertiary/aromatic N) is 2. The fourth-order valence-electron chi connectivity index (χ4n) is 3.58. The third-order valence-electron chi connectivity index (χ3n) is 5.06. The molecule has 27 heavy (non-hydrogen) atoms. The van der Waals surface area contributed by atoms with Gasteiger partial charge in [-0.05, 0) is 54.5 Å². The van der Waals surface area contributed by atoms with Gasteiger partial charge < -0.3 is 10.4 Å². The number of hydrogen-bond donors (Lipinski definition) is 2. The zero-order valence-electron chi connectivity index (χ0n) is 15.4. The summed E-state index contributed by atoms with van der Waals surface area (Å²) in [4.78, 5) is 21.0. The molecule has 2 N–H and O–H groups in total. The SMILES string of the molecule is CCCC(=O)NC(c1cccnc1)c1cc(C2CC2)c2cccnc2c1O. The van der Waals surface area contributed by atoms with Crippen molar-refractivity contribution in [3.05, 3.63) is 65.6 Å². The molecule has 0 aliphatic heterocycles. The molecule has 1 fully saturated rings. The molecule has 1 amide bonds. The topological polar surface area (TPSA) is 75.1 Å². The van der Waals surface area contributed by atoms with E-state index in [1.54, 1.807) is 18.6 Å². The summed E-state index contributed by atoms with van der Waals surface area (Å²) in [7, 11) is 0. The van der Waals surface area contributed by atoms with E-state index in [0.29, 0.717) is 23.4 Å². The van der Waals surface area contributed by atoms with E-state index < -0.39 is 6.04 Å². The van der Waals surface area contributed by atoms with Gasteiger partial charge in [0.05, 0.1) is 6.04 Å². The number of aromatic hydroxyl groups is 1. The zero-order chi connectivity index (χ0) is 18.8. The largest absolute Gasteiger partial charge is 0.505 e. The van der Waals surface area contributed by atoms with Crippen LogP contribution in [0.3, 0.4) is 0 Å². The highest BCUT2D eigenvalue weighted by Crippen LogP contribution is 2.46. The number of amides is 1. The predicted molar refractivity (Wildman–Crippen MR) is 105 cm³/mol. The summed E-state index contributed by atoms with van der Waals surface area (Å²) in [5, 5.41) is 15.1. The molecule has 1 saturated carbocycles. The molecule has 5 heteroatoms. The molecule has 0 saturated heterocycles. The first-order valence-corrected chi connectivity index (χ1v) is 9.48. The summed E-state index contributed by atoms with van der Waals surface area (Å²) in [6, 6.07) is 9.25. The van der Waals surface area contributed by atoms with Gasteiger partial charge in [-0.1, -0.05) is 19.1 Å². The number of carbonyl (C=O) groups excluding carboxylic acids is 1. The molecule has 1 aliphatic carbocycles. The summed E-state index contributed by atoms with van der Waals surface area (Å²) in [6.07, 6.45) is 8.63. The third-order valence-corrected chi connectivity index (χ3v) is 5.06. The third kappa shape index (κ3) is 3.50. The first kappa shape index (κ1) is 17.5. The second-order valence-corrected chi connectivity index (χ2v) is 7.11. The minimum atomic E-state index is -0.457. The van der Waals surface area contributed by atoms with Crippen molar-refractivity contribution >= 4 is 16.8 Å². The van der Waals surface area contributed by atoms with Crippen LogP contribution in [-0.2, 0) is 4.79 Å². The Morgan fingerprint density at radius 1 is 1.30 bits per heavy atom. The van der Waals surface area contributed by atoms with Crippen molar-refractivity contribution in [2.45, 2.75) is 44.6 Å². The lowest BCUT2D eigenvalue weighted by Gasteiger charge is -2.22. The fraction of sp³-hybridized carbons (Fsp3) is 0.318. The number of phenols is 1. The Morgan fingerprint density at radius 2 is 2.11 bits per heavy atom. The number of carbonyl (C=O) groups is 1. The van der Waals surface area contributed by atoms with Crippen molar-refractivity contribution in [2.75, 3.05) is 0 Å². The van der Waals surface area contributed by atoms with Crippen LogP contribution in [0.2, 0.25) is 0 Å². The van der Waals surface area contributed by atoms with E-state index in [-0.39, 0.29) is 11.7 Å². The summed E-state index contributed by atoms with van der Waals surface area (Å²) in [5.74, 6) is 0.581. The molecule has 1 aliphatic rings. The molecule has 4 rings (SSSR count). The molecule has 1 aromatic carbocycles. The molecule has 0 radical (unpaired) electrons. The van der Waals surface area contributed by atoms with Gasteiger partial charge in [0.1, 0.15) is 11.3 Å². The highest BCUT2D eigenvalue weighted by molar-refractivity contribution is 5.90. The average Bonchev–Trinajstić information content (AvgIpc) is 3.53. The van der Waals surface area contributed by atoms with Gasteiger partial charge in [0.15, 0.2) is 0 Å². The van der Waals surface area contributed by atoms with Crippen molar-refractivity contribution in [3.8, 4) is 5.75 Å². The summed E-state index contributed by atoms with van der Waals surface area (Å²) in [5.41, 5.74) is 3.31. The fourth-order valence-corrected chi connectivity index (χ4v) is 3.58. The van der Waals surface area contributed by atoms with Gasteiger partial charge in [-0.15, -0.1) is 0 Å². The zero-order valence-corrected chi connectivity index (χ0v) is 15.4. The van der Waals surface area contributed by atoms with E-state index in [2.05, 4.69) is 15.3 Å². The van der Waals surface area contributed by atoms with Crippen molar-refractivity contribution in [1.82, 2.24) is 15.3 Å². The van der Waals surface area contributed by atoms with Gasteiger partial charge in [0.2, 0.25) is 5.91 Å². The van der Waals surface area contributed by atoms with Crippen molar-refractivity contribution in [1.29, 1.82) is 0 Å². The predicted octanol–water partition coefficient (Wildman–Crippen LogP) is 4.22. The van der Waals surface area contributed by atoms with E-state index >= 15 is 0 Å². The number of rotatable bonds is 6. The van der Waals surface area contributed by atoms with Gasteiger partial charge in [0, 0.05) is 36.0 Å². The van der Waals surface area contributed by atoms with Gasteiger partial charge >= 0.3 is 0 Å². The Balaban J connectivity index is 1.87. The summed E-state index contributed by atoms with van der Waals surface area (Å²) in [6.45, 7) is 1.97. The van der Waals surface area contributed by atoms with Crippen LogP contribution in [0.4, 0.5) is 0 Å². The van der Waals surface area contributed by atoms with Crippen LogP contribution >= 0.6 is 0 Å². The molecule has 1 atom stereocenters. The minimum absolute atomic E-state index is 0.0418. The maximum atomic E-state index is 12.4. The second-order valence-electron chi connectivity index (χ2n) is 7.11. The smallest absolute Gasteiger partial charge is 0.220 e. The molecule has 138 valence electrons. The number of aromatic nitrogens is 2. The number of phenolic OH excluding ortho intramolecular Hbond substituents is 1. The number of hydrogen-bond acceptors (Lipinski definition) is 4. The van der Waals surface area contributed by atoms with Gasteiger partial charge in [-0.25, -0.2) is 0 Å². The van der Waals surface area contributed by atoms with Gasteiger partial charge in [-0.2, -0.15) is 0 Å². The molecule has 2 heterocycles. The van der Waals surface area contributed by atoms with E-state index in [4.69, 9.17) is 0 Å². The Morgan fingerprint density at radius 3 is 2.81 bits per heavy atom. The Bertz CT molecular complexity index is 968. The molecule has 2 aromatic heterocycles. The average molecular weight is 361 g/mol. The normalized spacial score (nSPS) is 14.9. The lowest BCUT2D eigenvalue weighted by atomic mass is 9.92. The number of benzene rings is 1. The van der Waals surface area contributed by atoms with Crippen LogP contribution in [0.15, 0.2) is 48.9 Å². The van der Waals surface area contributed by atoms with Crippen LogP contribution < -0.4 is 5.32 Å². The van der Waals surface area contributed by atoms with Crippen molar-refractivity contribution in [3.63, 3.8) is 0 Å². The quantitative estimate of drug-likeness (QED) is 0.689. The lowest BCUT2D eigenvalue weighted by Crippen LogP contribution is -2.29. The molecule has 5 nitrogen and oxygen atoms in total. The van der Waals surface area contributed by atoms with E-state index in [1.165, 1.54) is 5.56 Å². The second kappa shape index (κ2) is 7.35. The van der Waals surface area contributed by atoms with Crippen LogP contribution in [0, 0.1) is 0 Å². The van der Waals surface area contributed by atoms with Crippen LogP contribution in [-0.4, -0.2) is 21.0 Å². The van der Waals surface area contributed by atoms with Gasteiger partial charge in [-0.3, -0.25) is 14.8 Å². The number of pyridine rings is 2. The van der Waals surface area contributed by atoms with Crippen LogP contribution in [0.5, 0.6) is 5.75 Å². The van der Waals surface area contributed by atoms with Crippen LogP contribution in [0.1, 0.15) is 61.3 Å². The lowest BCUT2D eigenvalue weighted by molar-refractivity contribution is -0.121. The molecule has 3 aromatic rings. The Labute approximate surface area is 158 Å². The first-order valence-electron chi connectivity index (χ1n) is 9.48. The standard InChI is InChI=1S/C22H23N3O2/c1-2-5-19(26)25-20(15-6-3-10-23-13-15)18-12-17(14-8-9-14)16-7-4-11-24-21(16)22(18)27/h3-4,6-7,10-14,20,27H,2,5,8-9H2,1H3,(H,25,26). The molecule has 0 bridgehead atoms. The monoisotopic (exact) mass is 361 g/mol. The first-order chi connectivity index (χ1) is 13.2. The van der Waals surface area contributed by atoms with E-state index in [9.17, 15) is 9.90 Å². The highest BCUT2D eigenvalue weighted by Gasteiger charge is 2.30. The molecular weight excluding hydrogens is 338 g/mol. The summed E-state index contributed by atoms with van der Waals surface area (Å²) >= 11 is 0. The highest BCUT2D eigenvalue weighted by atomic mass is 16.3. The summed E-state index contributed by atoms with van der Waals surface area (Å²) < 4.78 is 0. The minimum Gasteiger partial charge on any atom is -0.505 e. The van der Waals surface area contributed by atoms with Crippen LogP contribution in [0.25, 0.3) is 10.9 Å².